The zero-order valence-corrected chi connectivity index (χ0v) is 5.20. The van der Waals surface area contributed by atoms with Gasteiger partial charge in [0.05, 0.1) is 0 Å². The Balaban J connectivity index is 4.06. The fourth-order valence-corrected chi connectivity index (χ4v) is 0.236. The minimum Gasteiger partial charge on any atom is -0.276 e. The predicted octanol–water partition coefficient (Wildman–Crippen LogP) is 1.33. The predicted molar refractivity (Wildman–Crippen MR) is 33.4 cm³/mol. The van der Waals surface area contributed by atoms with Gasteiger partial charge in [0.25, 0.3) is 0 Å². The molecule has 0 saturated carbocycles. The molecule has 0 unspecified atom stereocenters. The van der Waals surface area contributed by atoms with Crippen molar-refractivity contribution in [2.45, 2.75) is 6.92 Å². The topological polar surface area (TPSA) is 17.1 Å². The van der Waals surface area contributed by atoms with Crippen LogP contribution in [0, 0.1) is 12.3 Å². The van der Waals surface area contributed by atoms with E-state index in [-0.39, 0.29) is 0 Å². The van der Waals surface area contributed by atoms with Crippen molar-refractivity contribution in [2.75, 3.05) is 0 Å². The maximum atomic E-state index is 10.1. The monoisotopic (exact) mass is 128 g/mol. The van der Waals surface area contributed by atoms with Crippen LogP contribution in [0.3, 0.4) is 0 Å². The molecule has 0 fully saturated rings. The summed E-state index contributed by atoms with van der Waals surface area (Å²) in [5.41, 5.74) is 0.397. The highest BCUT2D eigenvalue weighted by atomic mass is 35.5. The van der Waals surface area contributed by atoms with Gasteiger partial charge in [0, 0.05) is 5.57 Å². The van der Waals surface area contributed by atoms with Gasteiger partial charge >= 0.3 is 0 Å². The van der Waals surface area contributed by atoms with E-state index in [9.17, 15) is 4.79 Å². The van der Waals surface area contributed by atoms with E-state index in [0.29, 0.717) is 5.57 Å². The normalized spacial score (nSPS) is 10.4. The van der Waals surface area contributed by atoms with Gasteiger partial charge in [0.15, 0.2) is 0 Å². The smallest absolute Gasteiger partial charge is 0.248 e. The lowest BCUT2D eigenvalue weighted by Crippen LogP contribution is -1.84. The molecule has 0 aromatic heterocycles. The van der Waals surface area contributed by atoms with E-state index in [0.717, 1.165) is 0 Å². The second kappa shape index (κ2) is 3.29. The van der Waals surface area contributed by atoms with Crippen LogP contribution in [-0.4, -0.2) is 5.24 Å². The molecule has 0 amide bonds. The Morgan fingerprint density at radius 2 is 2.38 bits per heavy atom. The van der Waals surface area contributed by atoms with Gasteiger partial charge in [-0.25, -0.2) is 0 Å². The summed E-state index contributed by atoms with van der Waals surface area (Å²) < 4.78 is 0. The minimum absolute atomic E-state index is 0.397. The van der Waals surface area contributed by atoms with Crippen molar-refractivity contribution in [2.24, 2.45) is 0 Å². The van der Waals surface area contributed by atoms with E-state index < -0.39 is 5.24 Å². The average Bonchev–Trinajstić information content (AvgIpc) is 1.67. The van der Waals surface area contributed by atoms with Crippen molar-refractivity contribution in [1.82, 2.24) is 0 Å². The molecule has 0 aliphatic heterocycles. The molecular weight excluding hydrogens is 124 g/mol. The molecule has 0 bridgehead atoms. The van der Waals surface area contributed by atoms with Crippen molar-refractivity contribution in [3.63, 3.8) is 0 Å². The van der Waals surface area contributed by atoms with Crippen LogP contribution in [0.5, 0.6) is 0 Å². The highest BCUT2D eigenvalue weighted by molar-refractivity contribution is 6.67. The summed E-state index contributed by atoms with van der Waals surface area (Å²) in [5.74, 6) is 2.18. The number of carbonyl (C=O) groups is 1. The third-order valence-electron chi connectivity index (χ3n) is 0.610. The van der Waals surface area contributed by atoms with E-state index in [1.807, 2.05) is 0 Å². The van der Waals surface area contributed by atoms with Gasteiger partial charge in [-0.3, -0.25) is 4.79 Å². The maximum Gasteiger partial charge on any atom is 0.248 e. The van der Waals surface area contributed by atoms with Gasteiger partial charge in [-0.05, 0) is 24.6 Å². The SMILES string of the molecule is C#C/C=C(\C)C(=O)Cl. The van der Waals surface area contributed by atoms with Crippen molar-refractivity contribution >= 4 is 16.8 Å². The molecule has 42 valence electrons. The molecule has 0 N–H and O–H groups in total. The highest BCUT2D eigenvalue weighted by Gasteiger charge is 1.94. The third-order valence-corrected chi connectivity index (χ3v) is 0.908. The van der Waals surface area contributed by atoms with Crippen molar-refractivity contribution in [3.8, 4) is 12.3 Å². The van der Waals surface area contributed by atoms with Crippen LogP contribution in [-0.2, 0) is 4.79 Å². The summed E-state index contributed by atoms with van der Waals surface area (Å²) in [5, 5.41) is -0.497. The lowest BCUT2D eigenvalue weighted by atomic mass is 10.3. The minimum atomic E-state index is -0.497. The fraction of sp³-hybridized carbons (Fsp3) is 0.167. The van der Waals surface area contributed by atoms with Crippen LogP contribution in [0.15, 0.2) is 11.6 Å². The third kappa shape index (κ3) is 2.44. The van der Waals surface area contributed by atoms with Gasteiger partial charge in [-0.2, -0.15) is 0 Å². The first kappa shape index (κ1) is 7.26. The number of rotatable bonds is 1. The van der Waals surface area contributed by atoms with Crippen LogP contribution in [0.2, 0.25) is 0 Å². The van der Waals surface area contributed by atoms with Gasteiger partial charge < -0.3 is 0 Å². The number of terminal acetylenes is 1. The van der Waals surface area contributed by atoms with Gasteiger partial charge in [-0.1, -0.05) is 5.92 Å². The number of halogens is 1. The second-order valence-electron chi connectivity index (χ2n) is 1.27. The zero-order chi connectivity index (χ0) is 6.57. The Bertz CT molecular complexity index is 162. The first-order valence-corrected chi connectivity index (χ1v) is 2.39. The van der Waals surface area contributed by atoms with Crippen LogP contribution in [0.4, 0.5) is 0 Å². The molecule has 0 atom stereocenters. The lowest BCUT2D eigenvalue weighted by Gasteiger charge is -1.82. The first-order valence-electron chi connectivity index (χ1n) is 2.01. The molecular formula is C6H5ClO. The molecule has 0 aromatic rings. The summed E-state index contributed by atoms with van der Waals surface area (Å²) >= 11 is 5.00. The molecule has 0 aliphatic carbocycles. The Morgan fingerprint density at radius 3 is 2.50 bits per heavy atom. The summed E-state index contributed by atoms with van der Waals surface area (Å²) in [4.78, 5) is 10.1. The van der Waals surface area contributed by atoms with Crippen molar-refractivity contribution in [3.05, 3.63) is 11.6 Å². The summed E-state index contributed by atoms with van der Waals surface area (Å²) in [6, 6.07) is 0. The van der Waals surface area contributed by atoms with Gasteiger partial charge in [-0.15, -0.1) is 6.42 Å². The van der Waals surface area contributed by atoms with Crippen LogP contribution >= 0.6 is 11.6 Å². The van der Waals surface area contributed by atoms with Crippen LogP contribution in [0.1, 0.15) is 6.92 Å². The zero-order valence-electron chi connectivity index (χ0n) is 4.44. The largest absolute Gasteiger partial charge is 0.276 e. The Morgan fingerprint density at radius 1 is 1.88 bits per heavy atom. The second-order valence-corrected chi connectivity index (χ2v) is 1.61. The molecule has 0 radical (unpaired) electrons. The first-order chi connectivity index (χ1) is 3.68. The summed E-state index contributed by atoms with van der Waals surface area (Å²) in [6.07, 6.45) is 6.16. The Kier molecular flexibility index (Phi) is 2.98. The fourth-order valence-electron chi connectivity index (χ4n) is 0.182. The summed E-state index contributed by atoms with van der Waals surface area (Å²) in [6.45, 7) is 1.56. The number of hydrogen-bond acceptors (Lipinski definition) is 1. The van der Waals surface area contributed by atoms with E-state index in [2.05, 4.69) is 5.92 Å². The van der Waals surface area contributed by atoms with E-state index in [1.165, 1.54) is 6.08 Å². The van der Waals surface area contributed by atoms with E-state index in [1.54, 1.807) is 6.92 Å². The Hall–Kier alpha value is -0.740. The van der Waals surface area contributed by atoms with Gasteiger partial charge in [0.2, 0.25) is 5.24 Å². The number of carbonyl (C=O) groups excluding carboxylic acids is 1. The maximum absolute atomic E-state index is 10.1. The highest BCUT2D eigenvalue weighted by Crippen LogP contribution is 1.95. The van der Waals surface area contributed by atoms with Gasteiger partial charge in [0.1, 0.15) is 0 Å². The molecule has 8 heavy (non-hydrogen) atoms. The van der Waals surface area contributed by atoms with E-state index >= 15 is 0 Å². The molecule has 1 nitrogen and oxygen atoms in total. The number of allylic oxidation sites excluding steroid dienone is 2. The molecule has 0 aliphatic rings. The number of hydrogen-bond donors (Lipinski definition) is 0. The molecule has 2 heteroatoms. The standard InChI is InChI=1S/C6H5ClO/c1-3-4-5(2)6(7)8/h1,4H,2H3/b5-4+. The quantitative estimate of drug-likeness (QED) is 0.296. The molecule has 0 rings (SSSR count). The molecule has 0 heterocycles. The lowest BCUT2D eigenvalue weighted by molar-refractivity contribution is -0.108. The molecule has 0 aromatic carbocycles. The van der Waals surface area contributed by atoms with Crippen molar-refractivity contribution in [1.29, 1.82) is 0 Å². The molecule has 0 saturated heterocycles. The Labute approximate surface area is 53.3 Å². The summed E-state index contributed by atoms with van der Waals surface area (Å²) in [7, 11) is 0. The van der Waals surface area contributed by atoms with Crippen LogP contribution in [0.25, 0.3) is 0 Å². The molecule has 0 spiro atoms. The van der Waals surface area contributed by atoms with Crippen molar-refractivity contribution < 1.29 is 4.79 Å². The van der Waals surface area contributed by atoms with Crippen LogP contribution < -0.4 is 0 Å². The average molecular weight is 129 g/mol. The van der Waals surface area contributed by atoms with E-state index in [4.69, 9.17) is 18.0 Å².